The molecule has 1 aromatic carbocycles. The van der Waals surface area contributed by atoms with Gasteiger partial charge in [0.05, 0.1) is 12.1 Å². The molecule has 0 aliphatic rings. The van der Waals surface area contributed by atoms with E-state index in [0.717, 1.165) is 5.01 Å². The molecule has 30 heavy (non-hydrogen) atoms. The molecule has 3 heterocycles. The van der Waals surface area contributed by atoms with Gasteiger partial charge in [-0.2, -0.15) is 13.2 Å². The van der Waals surface area contributed by atoms with Crippen LogP contribution in [0.5, 0.6) is 0 Å². The van der Waals surface area contributed by atoms with Crippen LogP contribution in [0.15, 0.2) is 54.2 Å². The lowest BCUT2D eigenvalue weighted by molar-refractivity contribution is -0.138. The molecule has 0 bridgehead atoms. The fourth-order valence-corrected chi connectivity index (χ4v) is 3.83. The van der Waals surface area contributed by atoms with Gasteiger partial charge in [-0.15, -0.1) is 21.5 Å². The van der Waals surface area contributed by atoms with Crippen LogP contribution in [-0.2, 0) is 25.6 Å². The molecule has 0 atom stereocenters. The number of rotatable bonds is 6. The highest BCUT2D eigenvalue weighted by Gasteiger charge is 2.32. The van der Waals surface area contributed by atoms with Crippen LogP contribution in [0.2, 0.25) is 0 Å². The number of thiazole rings is 1. The molecular formula is C21H18F3N5S. The maximum atomic E-state index is 13.2. The second kappa shape index (κ2) is 8.35. The topological polar surface area (TPSA) is 56.5 Å². The largest absolute Gasteiger partial charge is 0.416 e. The molecule has 154 valence electrons. The summed E-state index contributed by atoms with van der Waals surface area (Å²) >= 11 is 1.52. The highest BCUT2D eigenvalue weighted by Crippen LogP contribution is 2.32. The molecule has 0 radical (unpaired) electrons. The number of aromatic nitrogens is 5. The van der Waals surface area contributed by atoms with Crippen LogP contribution >= 0.6 is 11.3 Å². The third-order valence-corrected chi connectivity index (χ3v) is 5.51. The summed E-state index contributed by atoms with van der Waals surface area (Å²) in [6.07, 6.45) is -0.0813. The van der Waals surface area contributed by atoms with Gasteiger partial charge in [0.25, 0.3) is 0 Å². The summed E-state index contributed by atoms with van der Waals surface area (Å²) in [6, 6.07) is 10.00. The van der Waals surface area contributed by atoms with Gasteiger partial charge >= 0.3 is 6.18 Å². The summed E-state index contributed by atoms with van der Waals surface area (Å²) in [7, 11) is 0. The standard InChI is InChI=1S/C21H18F3N5S/c1-14-5-6-15(12-16(14)21(22,23)24)7-8-18-27-28-20(17-4-2-3-9-25-17)29(18)13-19-26-10-11-30-19/h2-6,9-12H,7-8,13H2,1H3. The van der Waals surface area contributed by atoms with Crippen molar-refractivity contribution in [3.05, 3.63) is 81.7 Å². The Morgan fingerprint density at radius 1 is 1.00 bits per heavy atom. The van der Waals surface area contributed by atoms with Gasteiger partial charge in [0.1, 0.15) is 16.5 Å². The van der Waals surface area contributed by atoms with Crippen LogP contribution in [0.4, 0.5) is 13.2 Å². The van der Waals surface area contributed by atoms with E-state index in [2.05, 4.69) is 20.2 Å². The fourth-order valence-electron chi connectivity index (χ4n) is 3.22. The van der Waals surface area contributed by atoms with Gasteiger partial charge in [-0.3, -0.25) is 4.98 Å². The molecule has 0 amide bonds. The zero-order chi connectivity index (χ0) is 21.1. The maximum absolute atomic E-state index is 13.2. The smallest absolute Gasteiger partial charge is 0.303 e. The highest BCUT2D eigenvalue weighted by atomic mass is 32.1. The summed E-state index contributed by atoms with van der Waals surface area (Å²) in [5.41, 5.74) is 0.910. The van der Waals surface area contributed by atoms with Crippen LogP contribution in [-0.4, -0.2) is 24.7 Å². The molecule has 0 saturated carbocycles. The Bertz CT molecular complexity index is 1120. The van der Waals surface area contributed by atoms with Gasteiger partial charge in [0.2, 0.25) is 0 Å². The minimum atomic E-state index is -4.36. The normalized spacial score (nSPS) is 11.7. The first-order chi connectivity index (χ1) is 14.4. The van der Waals surface area contributed by atoms with Crippen molar-refractivity contribution in [2.45, 2.75) is 32.5 Å². The van der Waals surface area contributed by atoms with Gasteiger partial charge < -0.3 is 4.57 Å². The summed E-state index contributed by atoms with van der Waals surface area (Å²) < 4.78 is 41.6. The lowest BCUT2D eigenvalue weighted by Gasteiger charge is -2.12. The molecule has 0 spiro atoms. The lowest BCUT2D eigenvalue weighted by Crippen LogP contribution is -2.10. The van der Waals surface area contributed by atoms with Crippen LogP contribution in [0, 0.1) is 6.92 Å². The number of aryl methyl sites for hydroxylation is 3. The van der Waals surface area contributed by atoms with Gasteiger partial charge in [-0.25, -0.2) is 4.98 Å². The average Bonchev–Trinajstić information content (AvgIpc) is 3.38. The van der Waals surface area contributed by atoms with Crippen molar-refractivity contribution >= 4 is 11.3 Å². The number of benzene rings is 1. The zero-order valence-corrected chi connectivity index (χ0v) is 16.9. The molecule has 0 aliphatic carbocycles. The van der Waals surface area contributed by atoms with E-state index in [0.29, 0.717) is 42.3 Å². The van der Waals surface area contributed by atoms with E-state index < -0.39 is 11.7 Å². The van der Waals surface area contributed by atoms with E-state index in [1.165, 1.54) is 30.4 Å². The minimum absolute atomic E-state index is 0.218. The molecule has 0 aliphatic heterocycles. The van der Waals surface area contributed by atoms with Gasteiger partial charge in [0, 0.05) is 24.2 Å². The highest BCUT2D eigenvalue weighted by molar-refractivity contribution is 7.09. The third kappa shape index (κ3) is 4.40. The zero-order valence-electron chi connectivity index (χ0n) is 16.1. The quantitative estimate of drug-likeness (QED) is 0.435. The van der Waals surface area contributed by atoms with Crippen LogP contribution in [0.3, 0.4) is 0 Å². The Labute approximate surface area is 175 Å². The van der Waals surface area contributed by atoms with Crippen LogP contribution in [0.25, 0.3) is 11.5 Å². The first-order valence-electron chi connectivity index (χ1n) is 9.30. The van der Waals surface area contributed by atoms with E-state index >= 15 is 0 Å². The number of nitrogens with zero attached hydrogens (tertiary/aromatic N) is 5. The Balaban J connectivity index is 1.62. The Morgan fingerprint density at radius 2 is 1.87 bits per heavy atom. The van der Waals surface area contributed by atoms with Gasteiger partial charge in [-0.1, -0.05) is 18.2 Å². The summed E-state index contributed by atoms with van der Waals surface area (Å²) in [4.78, 5) is 8.68. The molecule has 0 unspecified atom stereocenters. The van der Waals surface area contributed by atoms with E-state index in [1.54, 1.807) is 18.5 Å². The monoisotopic (exact) mass is 429 g/mol. The number of hydrogen-bond acceptors (Lipinski definition) is 5. The Kier molecular flexibility index (Phi) is 5.63. The first kappa shape index (κ1) is 20.2. The minimum Gasteiger partial charge on any atom is -0.303 e. The fraction of sp³-hybridized carbons (Fsp3) is 0.238. The van der Waals surface area contributed by atoms with Crippen molar-refractivity contribution in [2.75, 3.05) is 0 Å². The Morgan fingerprint density at radius 3 is 2.57 bits per heavy atom. The molecule has 9 heteroatoms. The summed E-state index contributed by atoms with van der Waals surface area (Å²) in [5, 5.41) is 11.4. The molecular weight excluding hydrogens is 411 g/mol. The van der Waals surface area contributed by atoms with Crippen molar-refractivity contribution in [1.29, 1.82) is 0 Å². The summed E-state index contributed by atoms with van der Waals surface area (Å²) in [5.74, 6) is 1.29. The van der Waals surface area contributed by atoms with Crippen molar-refractivity contribution in [3.8, 4) is 11.5 Å². The number of alkyl halides is 3. The van der Waals surface area contributed by atoms with Crippen molar-refractivity contribution in [1.82, 2.24) is 24.7 Å². The lowest BCUT2D eigenvalue weighted by atomic mass is 10.0. The third-order valence-electron chi connectivity index (χ3n) is 4.74. The van der Waals surface area contributed by atoms with Crippen LogP contribution in [0.1, 0.15) is 27.5 Å². The molecule has 0 saturated heterocycles. The molecule has 4 aromatic rings. The summed E-state index contributed by atoms with van der Waals surface area (Å²) in [6.45, 7) is 1.95. The molecule has 5 nitrogen and oxygen atoms in total. The second-order valence-electron chi connectivity index (χ2n) is 6.81. The van der Waals surface area contributed by atoms with Crippen molar-refractivity contribution in [2.24, 2.45) is 0 Å². The maximum Gasteiger partial charge on any atom is 0.416 e. The van der Waals surface area contributed by atoms with E-state index in [9.17, 15) is 13.2 Å². The number of hydrogen-bond donors (Lipinski definition) is 0. The predicted octanol–water partition coefficient (Wildman–Crippen LogP) is 4.96. The molecule has 4 rings (SSSR count). The average molecular weight is 429 g/mol. The van der Waals surface area contributed by atoms with Crippen molar-refractivity contribution < 1.29 is 13.2 Å². The second-order valence-corrected chi connectivity index (χ2v) is 7.79. The van der Waals surface area contributed by atoms with Crippen LogP contribution < -0.4 is 0 Å². The molecule has 0 N–H and O–H groups in total. The van der Waals surface area contributed by atoms with Gasteiger partial charge in [0.15, 0.2) is 5.82 Å². The van der Waals surface area contributed by atoms with E-state index in [-0.39, 0.29) is 5.56 Å². The molecule has 0 fully saturated rings. The number of pyridine rings is 1. The first-order valence-corrected chi connectivity index (χ1v) is 10.2. The molecule has 3 aromatic heterocycles. The predicted molar refractivity (Wildman–Crippen MR) is 108 cm³/mol. The number of halogens is 3. The van der Waals surface area contributed by atoms with Gasteiger partial charge in [-0.05, 0) is 42.7 Å². The SMILES string of the molecule is Cc1ccc(CCc2nnc(-c3ccccn3)n2Cc2nccs2)cc1C(F)(F)F. The van der Waals surface area contributed by atoms with E-state index in [1.807, 2.05) is 28.1 Å². The van der Waals surface area contributed by atoms with E-state index in [4.69, 9.17) is 0 Å². The van der Waals surface area contributed by atoms with Crippen molar-refractivity contribution in [3.63, 3.8) is 0 Å². The Hall–Kier alpha value is -3.07.